The molecule has 166 valence electrons. The van der Waals surface area contributed by atoms with Gasteiger partial charge in [0.25, 0.3) is 5.91 Å². The van der Waals surface area contributed by atoms with Crippen molar-refractivity contribution in [3.05, 3.63) is 36.0 Å². The standard InChI is InChI=1S/C25H39N3O2/c1-18(2)9-8-11-20-10-6-7-14-24(15-12-21(30-5)13-16-24)25(19(3)17-20)22(29)28(4)23(26)27-25/h6,10,17-18,21H,3,7-9,11-16H2,1-2,4-5H3,(H2,26,27)/b10-6-,20-17+. The highest BCUT2D eigenvalue weighted by molar-refractivity contribution is 6.09. The number of nitrogens with two attached hydrogens (primary N) is 1. The van der Waals surface area contributed by atoms with Gasteiger partial charge in [-0.25, -0.2) is 4.99 Å². The fraction of sp³-hybridized carbons (Fsp3) is 0.680. The summed E-state index contributed by atoms with van der Waals surface area (Å²) in [6, 6.07) is 0. The van der Waals surface area contributed by atoms with E-state index in [0.29, 0.717) is 11.9 Å². The molecule has 3 rings (SSSR count). The quantitative estimate of drug-likeness (QED) is 0.707. The highest BCUT2D eigenvalue weighted by Gasteiger charge is 2.62. The Hall–Kier alpha value is -1.88. The average Bonchev–Trinajstić information content (AvgIpc) is 2.98. The molecule has 0 radical (unpaired) electrons. The van der Waals surface area contributed by atoms with E-state index in [1.54, 1.807) is 14.2 Å². The number of amides is 1. The number of allylic oxidation sites excluding steroid dienone is 3. The Morgan fingerprint density at radius 2 is 2.03 bits per heavy atom. The number of hydrogen-bond acceptors (Lipinski definition) is 4. The second-order valence-corrected chi connectivity index (χ2v) is 9.73. The number of ether oxygens (including phenoxy) is 1. The summed E-state index contributed by atoms with van der Waals surface area (Å²) in [5.74, 6) is 0.964. The van der Waals surface area contributed by atoms with Crippen LogP contribution in [-0.4, -0.2) is 42.6 Å². The van der Waals surface area contributed by atoms with Crippen LogP contribution in [0.1, 0.15) is 71.6 Å². The summed E-state index contributed by atoms with van der Waals surface area (Å²) in [6.07, 6.45) is 15.7. The summed E-state index contributed by atoms with van der Waals surface area (Å²) in [4.78, 5) is 20.1. The zero-order chi connectivity index (χ0) is 21.9. The van der Waals surface area contributed by atoms with Crippen LogP contribution < -0.4 is 5.73 Å². The van der Waals surface area contributed by atoms with E-state index in [4.69, 9.17) is 15.5 Å². The lowest BCUT2D eigenvalue weighted by atomic mass is 9.56. The fourth-order valence-electron chi connectivity index (χ4n) is 5.55. The third-order valence-corrected chi connectivity index (χ3v) is 7.42. The molecular weight excluding hydrogens is 374 g/mol. The molecule has 2 spiro atoms. The van der Waals surface area contributed by atoms with Crippen LogP contribution in [0.25, 0.3) is 0 Å². The number of aliphatic imine (C=N–C) groups is 1. The van der Waals surface area contributed by atoms with Crippen molar-refractivity contribution in [1.82, 2.24) is 4.90 Å². The number of fused-ring (bicyclic) bond motifs is 1. The Morgan fingerprint density at radius 1 is 1.33 bits per heavy atom. The molecule has 1 unspecified atom stereocenters. The second-order valence-electron chi connectivity index (χ2n) is 9.73. The van der Waals surface area contributed by atoms with E-state index >= 15 is 0 Å². The number of hydrogen-bond donors (Lipinski definition) is 1. The summed E-state index contributed by atoms with van der Waals surface area (Å²) in [7, 11) is 3.51. The van der Waals surface area contributed by atoms with Crippen molar-refractivity contribution in [3.8, 4) is 0 Å². The predicted molar refractivity (Wildman–Crippen MR) is 123 cm³/mol. The first-order valence-corrected chi connectivity index (χ1v) is 11.5. The third kappa shape index (κ3) is 4.01. The minimum atomic E-state index is -1.00. The van der Waals surface area contributed by atoms with Gasteiger partial charge in [0, 0.05) is 19.6 Å². The maximum absolute atomic E-state index is 13.7. The Morgan fingerprint density at radius 3 is 2.60 bits per heavy atom. The first-order valence-electron chi connectivity index (χ1n) is 11.5. The first-order chi connectivity index (χ1) is 14.3. The third-order valence-electron chi connectivity index (χ3n) is 7.42. The van der Waals surface area contributed by atoms with Gasteiger partial charge >= 0.3 is 0 Å². The molecule has 2 N–H and O–H groups in total. The summed E-state index contributed by atoms with van der Waals surface area (Å²) in [5, 5.41) is 0. The van der Waals surface area contributed by atoms with E-state index < -0.39 is 5.54 Å². The van der Waals surface area contributed by atoms with Gasteiger partial charge in [-0.15, -0.1) is 0 Å². The number of carbonyl (C=O) groups is 1. The topological polar surface area (TPSA) is 67.9 Å². The number of carbonyl (C=O) groups excluding carboxylic acids is 1. The molecule has 5 heteroatoms. The van der Waals surface area contributed by atoms with E-state index in [1.807, 2.05) is 0 Å². The average molecular weight is 414 g/mol. The van der Waals surface area contributed by atoms with E-state index in [-0.39, 0.29) is 17.4 Å². The van der Waals surface area contributed by atoms with Gasteiger partial charge in [-0.1, -0.05) is 45.1 Å². The van der Waals surface area contributed by atoms with Crippen molar-refractivity contribution in [2.45, 2.75) is 83.3 Å². The van der Waals surface area contributed by atoms with E-state index in [0.717, 1.165) is 56.9 Å². The number of guanidine groups is 1. The molecule has 1 atom stereocenters. The highest BCUT2D eigenvalue weighted by Crippen LogP contribution is 2.56. The number of nitrogens with zero attached hydrogens (tertiary/aromatic N) is 2. The lowest BCUT2D eigenvalue weighted by molar-refractivity contribution is -0.135. The molecule has 2 aliphatic carbocycles. The second kappa shape index (κ2) is 9.09. The van der Waals surface area contributed by atoms with Gasteiger partial charge in [-0.3, -0.25) is 9.69 Å². The summed E-state index contributed by atoms with van der Waals surface area (Å²) >= 11 is 0. The molecule has 0 aromatic carbocycles. The zero-order valence-electron chi connectivity index (χ0n) is 19.2. The lowest BCUT2D eigenvalue weighted by Gasteiger charge is -2.49. The highest BCUT2D eigenvalue weighted by atomic mass is 16.5. The molecule has 0 saturated heterocycles. The van der Waals surface area contributed by atoms with Crippen molar-refractivity contribution >= 4 is 11.9 Å². The van der Waals surface area contributed by atoms with Crippen molar-refractivity contribution in [2.75, 3.05) is 14.2 Å². The largest absolute Gasteiger partial charge is 0.381 e. The van der Waals surface area contributed by atoms with Gasteiger partial charge < -0.3 is 10.5 Å². The van der Waals surface area contributed by atoms with Crippen LogP contribution in [0, 0.1) is 11.3 Å². The monoisotopic (exact) mass is 413 g/mol. The summed E-state index contributed by atoms with van der Waals surface area (Å²) in [5.41, 5.74) is 6.96. The fourth-order valence-corrected chi connectivity index (χ4v) is 5.55. The molecule has 1 saturated carbocycles. The number of methoxy groups -OCH3 is 1. The molecule has 5 nitrogen and oxygen atoms in total. The normalized spacial score (nSPS) is 35.2. The van der Waals surface area contributed by atoms with Crippen LogP contribution in [0.2, 0.25) is 0 Å². The van der Waals surface area contributed by atoms with Crippen molar-refractivity contribution in [1.29, 1.82) is 0 Å². The van der Waals surface area contributed by atoms with Crippen LogP contribution in [0.3, 0.4) is 0 Å². The molecule has 30 heavy (non-hydrogen) atoms. The Kier molecular flexibility index (Phi) is 6.91. The van der Waals surface area contributed by atoms with E-state index in [9.17, 15) is 4.79 Å². The smallest absolute Gasteiger partial charge is 0.262 e. The van der Waals surface area contributed by atoms with Gasteiger partial charge in [0.1, 0.15) is 0 Å². The molecule has 1 heterocycles. The van der Waals surface area contributed by atoms with Crippen LogP contribution in [0.15, 0.2) is 40.9 Å². The number of likely N-dealkylation sites (N-methyl/N-ethyl adjacent to an activating group) is 1. The first kappa shape index (κ1) is 22.8. The van der Waals surface area contributed by atoms with Gasteiger partial charge in [0.05, 0.1) is 6.10 Å². The van der Waals surface area contributed by atoms with Crippen LogP contribution in [-0.2, 0) is 9.53 Å². The Balaban J connectivity index is 2.02. The minimum Gasteiger partial charge on any atom is -0.381 e. The molecular formula is C25H39N3O2. The van der Waals surface area contributed by atoms with E-state index in [1.165, 1.54) is 16.9 Å². The van der Waals surface area contributed by atoms with Gasteiger partial charge in [-0.2, -0.15) is 0 Å². The zero-order valence-corrected chi connectivity index (χ0v) is 19.2. The lowest BCUT2D eigenvalue weighted by Crippen LogP contribution is -2.56. The van der Waals surface area contributed by atoms with Gasteiger partial charge in [0.2, 0.25) is 0 Å². The maximum Gasteiger partial charge on any atom is 0.262 e. The molecule has 0 bridgehead atoms. The SMILES string of the molecule is C=C1/C=C(CCCC(C)C)\C=C/CCC2(CCC(OC)CC2)C12N=C(N)N(C)C2=O. The van der Waals surface area contributed by atoms with Gasteiger partial charge in [0.15, 0.2) is 11.5 Å². The molecule has 0 aromatic heterocycles. The molecule has 1 fully saturated rings. The molecule has 1 aliphatic heterocycles. The summed E-state index contributed by atoms with van der Waals surface area (Å²) in [6.45, 7) is 8.95. The van der Waals surface area contributed by atoms with Crippen molar-refractivity contribution in [2.24, 2.45) is 22.1 Å². The molecule has 1 amide bonds. The van der Waals surface area contributed by atoms with Crippen LogP contribution in [0.4, 0.5) is 0 Å². The van der Waals surface area contributed by atoms with E-state index in [2.05, 4.69) is 38.7 Å². The summed E-state index contributed by atoms with van der Waals surface area (Å²) < 4.78 is 5.63. The van der Waals surface area contributed by atoms with Gasteiger partial charge in [-0.05, 0) is 68.4 Å². The van der Waals surface area contributed by atoms with Crippen molar-refractivity contribution < 1.29 is 9.53 Å². The Labute approximate surface area is 182 Å². The minimum absolute atomic E-state index is 0.0273. The molecule has 0 aromatic rings. The maximum atomic E-state index is 13.7. The Bertz CT molecular complexity index is 756. The van der Waals surface area contributed by atoms with Crippen LogP contribution in [0.5, 0.6) is 0 Å². The van der Waals surface area contributed by atoms with Crippen molar-refractivity contribution in [3.63, 3.8) is 0 Å². The molecule has 3 aliphatic rings. The van der Waals surface area contributed by atoms with Crippen LogP contribution >= 0.6 is 0 Å². The predicted octanol–water partition coefficient (Wildman–Crippen LogP) is 4.75. The number of rotatable bonds is 5.